The Balaban J connectivity index is 2.09. The molecule has 2 aromatic heterocycles. The normalized spacial score (nSPS) is 10.8. The Morgan fingerprint density at radius 1 is 1.10 bits per heavy atom. The van der Waals surface area contributed by atoms with Crippen LogP contribution in [-0.4, -0.2) is 19.9 Å². The van der Waals surface area contributed by atoms with E-state index in [4.69, 9.17) is 0 Å². The molecule has 6 heteroatoms. The van der Waals surface area contributed by atoms with E-state index in [1.165, 1.54) is 6.07 Å². The predicted octanol–water partition coefficient (Wildman–Crippen LogP) is 2.38. The number of H-pyrrole nitrogens is 1. The van der Waals surface area contributed by atoms with Gasteiger partial charge in [-0.3, -0.25) is 15.1 Å². The van der Waals surface area contributed by atoms with Crippen LogP contribution in [-0.2, 0) is 0 Å². The van der Waals surface area contributed by atoms with Crippen molar-refractivity contribution in [3.63, 3.8) is 0 Å². The third-order valence-electron chi connectivity index (χ3n) is 3.22. The molecule has 0 saturated carbocycles. The van der Waals surface area contributed by atoms with Crippen LogP contribution in [0.4, 0.5) is 11.9 Å². The molecule has 0 aliphatic rings. The van der Waals surface area contributed by atoms with Gasteiger partial charge in [0.05, 0.1) is 11.2 Å². The highest BCUT2D eigenvalue weighted by molar-refractivity contribution is 5.84. The topological polar surface area (TPSA) is 83.6 Å². The second kappa shape index (κ2) is 4.97. The van der Waals surface area contributed by atoms with Gasteiger partial charge in [-0.15, -0.1) is 0 Å². The fraction of sp³-hybridized carbons (Fsp3) is 0.200. The molecule has 6 nitrogen and oxygen atoms in total. The molecule has 3 aromatic rings. The van der Waals surface area contributed by atoms with Crippen LogP contribution < -0.4 is 10.9 Å². The maximum absolute atomic E-state index is 11.5. The average Bonchev–Trinajstić information content (AvgIpc) is 2.39. The molecule has 0 spiro atoms. The number of nitrogens with one attached hydrogen (secondary N) is 2. The van der Waals surface area contributed by atoms with Crippen molar-refractivity contribution in [1.29, 1.82) is 0 Å². The van der Waals surface area contributed by atoms with Crippen LogP contribution in [0.3, 0.4) is 0 Å². The summed E-state index contributed by atoms with van der Waals surface area (Å²) in [7, 11) is 0. The molecule has 0 fully saturated rings. The zero-order valence-electron chi connectivity index (χ0n) is 12.1. The quantitative estimate of drug-likeness (QED) is 0.753. The van der Waals surface area contributed by atoms with Gasteiger partial charge in [0.15, 0.2) is 0 Å². The van der Waals surface area contributed by atoms with Crippen LogP contribution >= 0.6 is 0 Å². The van der Waals surface area contributed by atoms with Crippen LogP contribution in [0, 0.1) is 20.8 Å². The zero-order valence-corrected chi connectivity index (χ0v) is 12.1. The van der Waals surface area contributed by atoms with Gasteiger partial charge in [0.25, 0.3) is 5.56 Å². The van der Waals surface area contributed by atoms with E-state index in [-0.39, 0.29) is 5.56 Å². The zero-order chi connectivity index (χ0) is 15.0. The number of fused-ring (bicyclic) bond motifs is 1. The highest BCUT2D eigenvalue weighted by Crippen LogP contribution is 2.21. The molecular weight excluding hydrogens is 266 g/mol. The van der Waals surface area contributed by atoms with Gasteiger partial charge in [-0.25, -0.2) is 15.0 Å². The lowest BCUT2D eigenvalue weighted by atomic mass is 10.1. The number of aryl methyl sites for hydroxylation is 3. The van der Waals surface area contributed by atoms with E-state index in [0.29, 0.717) is 17.6 Å². The Hall–Kier alpha value is -2.76. The number of anilines is 2. The van der Waals surface area contributed by atoms with Crippen molar-refractivity contribution >= 4 is 22.8 Å². The molecule has 1 aromatic carbocycles. The maximum atomic E-state index is 11.5. The van der Waals surface area contributed by atoms with Gasteiger partial charge in [0, 0.05) is 17.1 Å². The van der Waals surface area contributed by atoms with Crippen LogP contribution in [0.5, 0.6) is 0 Å². The lowest BCUT2D eigenvalue weighted by Gasteiger charge is -2.08. The number of rotatable bonds is 2. The van der Waals surface area contributed by atoms with Crippen molar-refractivity contribution in [2.45, 2.75) is 20.8 Å². The van der Waals surface area contributed by atoms with Gasteiger partial charge in [0.1, 0.15) is 0 Å². The molecule has 0 saturated heterocycles. The van der Waals surface area contributed by atoms with E-state index in [1.807, 2.05) is 32.0 Å². The molecule has 0 amide bonds. The molecule has 2 heterocycles. The second-order valence-electron chi connectivity index (χ2n) is 4.96. The summed E-state index contributed by atoms with van der Waals surface area (Å²) in [5, 5.41) is 3.98. The van der Waals surface area contributed by atoms with Crippen LogP contribution in [0.1, 0.15) is 17.0 Å². The highest BCUT2D eigenvalue weighted by atomic mass is 16.1. The second-order valence-corrected chi connectivity index (χ2v) is 4.96. The molecule has 3 rings (SSSR count). The summed E-state index contributed by atoms with van der Waals surface area (Å²) in [5.74, 6) is 0.760. The average molecular weight is 281 g/mol. The first-order valence-corrected chi connectivity index (χ1v) is 6.62. The van der Waals surface area contributed by atoms with E-state index in [0.717, 1.165) is 22.2 Å². The fourth-order valence-corrected chi connectivity index (χ4v) is 2.25. The van der Waals surface area contributed by atoms with E-state index in [1.54, 1.807) is 6.92 Å². The minimum Gasteiger partial charge on any atom is -0.294 e. The monoisotopic (exact) mass is 281 g/mol. The first-order valence-electron chi connectivity index (χ1n) is 6.62. The minimum atomic E-state index is -0.210. The number of nitrogens with zero attached hydrogens (tertiary/aromatic N) is 3. The summed E-state index contributed by atoms with van der Waals surface area (Å²) < 4.78 is 0. The van der Waals surface area contributed by atoms with Gasteiger partial charge in [-0.05, 0) is 26.3 Å². The molecule has 2 N–H and O–H groups in total. The van der Waals surface area contributed by atoms with Crippen LogP contribution in [0.2, 0.25) is 0 Å². The molecule has 0 radical (unpaired) electrons. The van der Waals surface area contributed by atoms with Crippen molar-refractivity contribution in [3.8, 4) is 0 Å². The van der Waals surface area contributed by atoms with E-state index in [2.05, 4.69) is 25.3 Å². The Labute approximate surface area is 121 Å². The third-order valence-corrected chi connectivity index (χ3v) is 3.22. The molecular formula is C15H15N5O. The molecule has 0 bridgehead atoms. The van der Waals surface area contributed by atoms with Gasteiger partial charge in [0.2, 0.25) is 11.9 Å². The number of benzene rings is 1. The summed E-state index contributed by atoms with van der Waals surface area (Å²) in [6.07, 6.45) is 0. The smallest absolute Gasteiger partial charge is 0.252 e. The van der Waals surface area contributed by atoms with Gasteiger partial charge in [-0.1, -0.05) is 18.2 Å². The van der Waals surface area contributed by atoms with E-state index < -0.39 is 0 Å². The fourth-order valence-electron chi connectivity index (χ4n) is 2.25. The molecule has 106 valence electrons. The lowest BCUT2D eigenvalue weighted by molar-refractivity contribution is 1.05. The number of hydrogen-bond donors (Lipinski definition) is 2. The van der Waals surface area contributed by atoms with E-state index in [9.17, 15) is 4.79 Å². The maximum Gasteiger partial charge on any atom is 0.252 e. The summed E-state index contributed by atoms with van der Waals surface area (Å²) in [4.78, 5) is 27.2. The van der Waals surface area contributed by atoms with E-state index >= 15 is 0 Å². The van der Waals surface area contributed by atoms with Crippen molar-refractivity contribution in [1.82, 2.24) is 19.9 Å². The SMILES string of the molecule is Cc1cc(=O)[nH]c(Nc2nc(C)c3cccc(C)c3n2)n1. The Bertz CT molecular complexity index is 885. The molecule has 0 atom stereocenters. The van der Waals surface area contributed by atoms with Gasteiger partial charge >= 0.3 is 0 Å². The molecule has 0 aliphatic carbocycles. The Morgan fingerprint density at radius 3 is 2.67 bits per heavy atom. The minimum absolute atomic E-state index is 0.210. The summed E-state index contributed by atoms with van der Waals surface area (Å²) in [6.45, 7) is 5.70. The van der Waals surface area contributed by atoms with Crippen molar-refractivity contribution in [2.24, 2.45) is 0 Å². The largest absolute Gasteiger partial charge is 0.294 e. The Morgan fingerprint density at radius 2 is 1.90 bits per heavy atom. The van der Waals surface area contributed by atoms with Crippen LogP contribution in [0.25, 0.3) is 10.9 Å². The third kappa shape index (κ3) is 2.60. The van der Waals surface area contributed by atoms with Crippen molar-refractivity contribution in [3.05, 3.63) is 51.6 Å². The number of aromatic amines is 1. The van der Waals surface area contributed by atoms with Gasteiger partial charge in [-0.2, -0.15) is 0 Å². The first kappa shape index (κ1) is 13.2. The molecule has 21 heavy (non-hydrogen) atoms. The summed E-state index contributed by atoms with van der Waals surface area (Å²) >= 11 is 0. The summed E-state index contributed by atoms with van der Waals surface area (Å²) in [5.41, 5.74) is 3.27. The standard InChI is InChI=1S/C15H15N5O/c1-8-5-4-6-11-10(3)17-15(19-13(8)11)20-14-16-9(2)7-12(21)18-14/h4-7H,1-3H3,(H2,16,17,18,19,20,21). The Kier molecular flexibility index (Phi) is 3.13. The molecule has 0 unspecified atom stereocenters. The molecule has 0 aliphatic heterocycles. The van der Waals surface area contributed by atoms with Crippen molar-refractivity contribution in [2.75, 3.05) is 5.32 Å². The predicted molar refractivity (Wildman–Crippen MR) is 81.9 cm³/mol. The van der Waals surface area contributed by atoms with Crippen molar-refractivity contribution < 1.29 is 0 Å². The number of hydrogen-bond acceptors (Lipinski definition) is 5. The number of aromatic nitrogens is 4. The first-order chi connectivity index (χ1) is 10.0. The van der Waals surface area contributed by atoms with Gasteiger partial charge < -0.3 is 0 Å². The highest BCUT2D eigenvalue weighted by Gasteiger charge is 2.07. The lowest BCUT2D eigenvalue weighted by Crippen LogP contribution is -2.12. The number of para-hydroxylation sites is 1. The summed E-state index contributed by atoms with van der Waals surface area (Å²) in [6, 6.07) is 7.42. The van der Waals surface area contributed by atoms with Crippen LogP contribution in [0.15, 0.2) is 29.1 Å².